The molecule has 22 heavy (non-hydrogen) atoms. The quantitative estimate of drug-likeness (QED) is 0.597. The first-order valence-electron chi connectivity index (χ1n) is 7.08. The average Bonchev–Trinajstić information content (AvgIpc) is 2.82. The Labute approximate surface area is 129 Å². The van der Waals surface area contributed by atoms with Gasteiger partial charge in [-0.15, -0.1) is 0 Å². The maximum atomic E-state index is 11.8. The van der Waals surface area contributed by atoms with E-state index in [2.05, 4.69) is 23.7 Å². The molecular formula is C19H15NO2. The predicted molar refractivity (Wildman–Crippen MR) is 86.4 cm³/mol. The summed E-state index contributed by atoms with van der Waals surface area (Å²) in [4.78, 5) is 11.8. The van der Waals surface area contributed by atoms with Gasteiger partial charge in [-0.2, -0.15) is 0 Å². The van der Waals surface area contributed by atoms with Crippen molar-refractivity contribution < 1.29 is 9.53 Å². The van der Waals surface area contributed by atoms with Crippen molar-refractivity contribution in [3.8, 4) is 23.7 Å². The van der Waals surface area contributed by atoms with Gasteiger partial charge in [-0.05, 0) is 36.6 Å². The summed E-state index contributed by atoms with van der Waals surface area (Å²) in [6.07, 6.45) is 5.60. The van der Waals surface area contributed by atoms with Gasteiger partial charge in [0, 0.05) is 18.9 Å². The summed E-state index contributed by atoms with van der Waals surface area (Å²) in [5.74, 6) is 12.3. The summed E-state index contributed by atoms with van der Waals surface area (Å²) in [6, 6.07) is 5.51. The number of carbonyl (C=O) groups is 1. The Kier molecular flexibility index (Phi) is 3.73. The third kappa shape index (κ3) is 2.38. The van der Waals surface area contributed by atoms with Gasteiger partial charge >= 0.3 is 5.97 Å². The van der Waals surface area contributed by atoms with E-state index in [-0.39, 0.29) is 5.97 Å². The van der Waals surface area contributed by atoms with Gasteiger partial charge in [-0.1, -0.05) is 23.8 Å². The number of methoxy groups -OCH3 is 1. The number of rotatable bonds is 1. The van der Waals surface area contributed by atoms with E-state index in [0.29, 0.717) is 5.56 Å². The van der Waals surface area contributed by atoms with Gasteiger partial charge in [-0.3, -0.25) is 0 Å². The molecule has 0 aliphatic heterocycles. The molecule has 1 aromatic heterocycles. The second-order valence-corrected chi connectivity index (χ2v) is 5.02. The maximum Gasteiger partial charge on any atom is 0.337 e. The van der Waals surface area contributed by atoms with Crippen LogP contribution in [0.15, 0.2) is 30.4 Å². The fourth-order valence-electron chi connectivity index (χ4n) is 2.52. The van der Waals surface area contributed by atoms with Gasteiger partial charge in [-0.25, -0.2) is 4.79 Å². The van der Waals surface area contributed by atoms with Crippen LogP contribution in [-0.4, -0.2) is 17.6 Å². The van der Waals surface area contributed by atoms with Crippen molar-refractivity contribution >= 4 is 16.9 Å². The van der Waals surface area contributed by atoms with Crippen molar-refractivity contribution in [1.29, 1.82) is 0 Å². The molecule has 1 heterocycles. The number of hydrogen-bond donors (Lipinski definition) is 0. The first kappa shape index (κ1) is 14.0. The molecule has 0 radical (unpaired) electrons. The lowest BCUT2D eigenvalue weighted by Crippen LogP contribution is -2.00. The van der Waals surface area contributed by atoms with Crippen molar-refractivity contribution in [3.05, 3.63) is 47.2 Å². The Balaban J connectivity index is 2.30. The van der Waals surface area contributed by atoms with Crippen molar-refractivity contribution in [2.75, 3.05) is 7.11 Å². The third-order valence-electron chi connectivity index (χ3n) is 3.66. The van der Waals surface area contributed by atoms with Gasteiger partial charge in [0.2, 0.25) is 0 Å². The predicted octanol–water partition coefficient (Wildman–Crippen LogP) is 3.02. The summed E-state index contributed by atoms with van der Waals surface area (Å²) in [5, 5.41) is 0.937. The fourth-order valence-corrected chi connectivity index (χ4v) is 2.52. The number of hydrogen-bond acceptors (Lipinski definition) is 2. The highest BCUT2D eigenvalue weighted by atomic mass is 16.5. The van der Waals surface area contributed by atoms with E-state index in [1.165, 1.54) is 7.11 Å². The second-order valence-electron chi connectivity index (χ2n) is 5.02. The lowest BCUT2D eigenvalue weighted by molar-refractivity contribution is 0.0601. The van der Waals surface area contributed by atoms with Crippen LogP contribution in [0.5, 0.6) is 0 Å². The largest absolute Gasteiger partial charge is 0.465 e. The van der Waals surface area contributed by atoms with E-state index in [1.807, 2.05) is 35.9 Å². The Bertz CT molecular complexity index is 908. The summed E-state index contributed by atoms with van der Waals surface area (Å²) >= 11 is 0. The van der Waals surface area contributed by atoms with E-state index in [4.69, 9.17) is 4.74 Å². The van der Waals surface area contributed by atoms with Crippen LogP contribution in [0.1, 0.15) is 34.5 Å². The minimum atomic E-state index is -0.346. The highest BCUT2D eigenvalue weighted by molar-refractivity contribution is 5.98. The van der Waals surface area contributed by atoms with Crippen LogP contribution in [0, 0.1) is 23.7 Å². The van der Waals surface area contributed by atoms with Crippen LogP contribution in [0.2, 0.25) is 0 Å². The molecule has 0 saturated heterocycles. The standard InChI is InChI=1S/C19H15NO2/c1-20-17-10-8-6-4-3-5-7-9-15(17)16-13-14(19(21)22-2)11-12-18(16)20/h4,6,11-13H,3,5H2,1-2H3/b6-4-. The Morgan fingerprint density at radius 2 is 2.18 bits per heavy atom. The number of benzene rings is 1. The minimum Gasteiger partial charge on any atom is -0.465 e. The van der Waals surface area contributed by atoms with Crippen LogP contribution in [0.25, 0.3) is 10.9 Å². The van der Waals surface area contributed by atoms with Gasteiger partial charge < -0.3 is 9.30 Å². The summed E-state index contributed by atoms with van der Waals surface area (Å²) in [6.45, 7) is 0. The maximum absolute atomic E-state index is 11.8. The van der Waals surface area contributed by atoms with Crippen LogP contribution in [0.4, 0.5) is 0 Å². The normalized spacial score (nSPS) is 14.1. The Morgan fingerprint density at radius 1 is 1.32 bits per heavy atom. The SMILES string of the molecule is COC(=O)c1ccc2c(c1)c1c(n2C)C#C/C=C\CCC#C1. The molecule has 0 unspecified atom stereocenters. The molecule has 0 saturated carbocycles. The molecule has 0 bridgehead atoms. The molecule has 0 atom stereocenters. The van der Waals surface area contributed by atoms with Crippen LogP contribution >= 0.6 is 0 Å². The minimum absolute atomic E-state index is 0.346. The molecule has 1 aromatic carbocycles. The highest BCUT2D eigenvalue weighted by Crippen LogP contribution is 2.26. The van der Waals surface area contributed by atoms with E-state index in [0.717, 1.165) is 35.0 Å². The van der Waals surface area contributed by atoms with E-state index in [1.54, 1.807) is 6.07 Å². The number of esters is 1. The lowest BCUT2D eigenvalue weighted by Gasteiger charge is -2.00. The molecule has 3 nitrogen and oxygen atoms in total. The first-order valence-corrected chi connectivity index (χ1v) is 7.08. The zero-order valence-corrected chi connectivity index (χ0v) is 12.6. The molecule has 3 heteroatoms. The first-order chi connectivity index (χ1) is 10.7. The molecule has 2 aromatic rings. The molecule has 3 rings (SSSR count). The van der Waals surface area contributed by atoms with E-state index >= 15 is 0 Å². The Morgan fingerprint density at radius 3 is 3.00 bits per heavy atom. The average molecular weight is 289 g/mol. The van der Waals surface area contributed by atoms with Crippen LogP contribution < -0.4 is 0 Å². The topological polar surface area (TPSA) is 31.2 Å². The second kappa shape index (κ2) is 5.84. The molecule has 1 aliphatic carbocycles. The number of fused-ring (bicyclic) bond motifs is 3. The number of nitrogens with zero attached hydrogens (tertiary/aromatic N) is 1. The van der Waals surface area contributed by atoms with Crippen molar-refractivity contribution in [3.63, 3.8) is 0 Å². The number of allylic oxidation sites excluding steroid dienone is 2. The van der Waals surface area contributed by atoms with Crippen molar-refractivity contribution in [1.82, 2.24) is 4.57 Å². The molecule has 108 valence electrons. The molecule has 0 fully saturated rings. The molecule has 0 spiro atoms. The van der Waals surface area contributed by atoms with Gasteiger partial charge in [0.05, 0.1) is 23.8 Å². The van der Waals surface area contributed by atoms with Crippen LogP contribution in [0.3, 0.4) is 0 Å². The summed E-state index contributed by atoms with van der Waals surface area (Å²) in [7, 11) is 3.35. The fraction of sp³-hybridized carbons (Fsp3) is 0.211. The summed E-state index contributed by atoms with van der Waals surface area (Å²) < 4.78 is 6.82. The zero-order chi connectivity index (χ0) is 15.5. The van der Waals surface area contributed by atoms with E-state index in [9.17, 15) is 4.79 Å². The number of aryl methyl sites for hydroxylation is 1. The number of ether oxygens (including phenoxy) is 1. The number of aromatic nitrogens is 1. The smallest absolute Gasteiger partial charge is 0.337 e. The highest BCUT2D eigenvalue weighted by Gasteiger charge is 2.15. The van der Waals surface area contributed by atoms with Gasteiger partial charge in [0.1, 0.15) is 5.69 Å². The third-order valence-corrected chi connectivity index (χ3v) is 3.66. The number of carbonyl (C=O) groups excluding carboxylic acids is 1. The van der Waals surface area contributed by atoms with Crippen molar-refractivity contribution in [2.45, 2.75) is 12.8 Å². The molecule has 0 N–H and O–H groups in total. The summed E-state index contributed by atoms with van der Waals surface area (Å²) in [5.41, 5.74) is 3.28. The Hall–Kier alpha value is -2.91. The zero-order valence-electron chi connectivity index (χ0n) is 12.6. The molecule has 1 aliphatic rings. The van der Waals surface area contributed by atoms with Gasteiger partial charge in [0.15, 0.2) is 0 Å². The van der Waals surface area contributed by atoms with Gasteiger partial charge in [0.25, 0.3) is 0 Å². The lowest BCUT2D eigenvalue weighted by atomic mass is 10.1. The molecular weight excluding hydrogens is 274 g/mol. The van der Waals surface area contributed by atoms with Crippen molar-refractivity contribution in [2.24, 2.45) is 7.05 Å². The van der Waals surface area contributed by atoms with E-state index < -0.39 is 0 Å². The monoisotopic (exact) mass is 289 g/mol. The van der Waals surface area contributed by atoms with Crippen LogP contribution in [-0.2, 0) is 11.8 Å². The molecule has 0 amide bonds.